The summed E-state index contributed by atoms with van der Waals surface area (Å²) < 4.78 is 1.84. The number of carbonyl (C=O) groups is 1. The second kappa shape index (κ2) is 6.65. The van der Waals surface area contributed by atoms with E-state index >= 15 is 0 Å². The number of amides is 1. The van der Waals surface area contributed by atoms with E-state index in [2.05, 4.69) is 16.5 Å². The first-order chi connectivity index (χ1) is 12.6. The minimum atomic E-state index is -0.0951. The van der Waals surface area contributed by atoms with Gasteiger partial charge in [-0.05, 0) is 53.6 Å². The predicted molar refractivity (Wildman–Crippen MR) is 104 cm³/mol. The Morgan fingerprint density at radius 3 is 2.50 bits per heavy atom. The first-order valence-corrected chi connectivity index (χ1v) is 8.60. The zero-order valence-electron chi connectivity index (χ0n) is 14.1. The van der Waals surface area contributed by atoms with Crippen molar-refractivity contribution in [3.63, 3.8) is 0 Å². The number of hydrogen-bond acceptors (Lipinski definition) is 2. The van der Waals surface area contributed by atoms with E-state index in [1.807, 2.05) is 65.3 Å². The van der Waals surface area contributed by atoms with E-state index in [1.54, 1.807) is 13.1 Å². The van der Waals surface area contributed by atoms with Crippen LogP contribution in [0.1, 0.15) is 10.4 Å². The summed E-state index contributed by atoms with van der Waals surface area (Å²) >= 11 is 5.96. The molecule has 2 heterocycles. The molecule has 2 aromatic heterocycles. The summed E-state index contributed by atoms with van der Waals surface area (Å²) in [6, 6.07) is 21.3. The molecule has 26 heavy (non-hydrogen) atoms. The van der Waals surface area contributed by atoms with Gasteiger partial charge in [0.2, 0.25) is 0 Å². The zero-order valence-corrected chi connectivity index (χ0v) is 14.9. The van der Waals surface area contributed by atoms with Crippen LogP contribution >= 0.6 is 11.6 Å². The molecule has 128 valence electrons. The number of aromatic nitrogens is 2. The fourth-order valence-corrected chi connectivity index (χ4v) is 3.05. The summed E-state index contributed by atoms with van der Waals surface area (Å²) in [4.78, 5) is 11.9. The smallest absolute Gasteiger partial charge is 0.251 e. The molecule has 5 heteroatoms. The maximum absolute atomic E-state index is 11.9. The Morgan fingerprint density at radius 2 is 1.73 bits per heavy atom. The fraction of sp³-hybridized carbons (Fsp3) is 0.0476. The van der Waals surface area contributed by atoms with E-state index < -0.39 is 0 Å². The second-order valence-corrected chi connectivity index (χ2v) is 6.42. The lowest BCUT2D eigenvalue weighted by Gasteiger charge is -2.05. The van der Waals surface area contributed by atoms with Crippen LogP contribution in [0.2, 0.25) is 5.02 Å². The second-order valence-electron chi connectivity index (χ2n) is 5.98. The van der Waals surface area contributed by atoms with Crippen LogP contribution in [0.3, 0.4) is 0 Å². The number of nitrogens with one attached hydrogen (secondary N) is 1. The zero-order chi connectivity index (χ0) is 18.1. The van der Waals surface area contributed by atoms with Crippen LogP contribution < -0.4 is 5.32 Å². The topological polar surface area (TPSA) is 46.4 Å². The van der Waals surface area contributed by atoms with Crippen molar-refractivity contribution < 1.29 is 4.79 Å². The molecule has 0 aliphatic heterocycles. The number of pyridine rings is 1. The molecule has 0 unspecified atom stereocenters. The highest BCUT2D eigenvalue weighted by atomic mass is 35.5. The minimum Gasteiger partial charge on any atom is -0.355 e. The molecule has 4 rings (SSSR count). The van der Waals surface area contributed by atoms with Gasteiger partial charge in [-0.15, -0.1) is 0 Å². The van der Waals surface area contributed by atoms with E-state index in [1.165, 1.54) is 0 Å². The van der Waals surface area contributed by atoms with E-state index in [-0.39, 0.29) is 5.91 Å². The van der Waals surface area contributed by atoms with Gasteiger partial charge in [-0.3, -0.25) is 4.79 Å². The molecule has 0 saturated heterocycles. The molecule has 0 bridgehead atoms. The van der Waals surface area contributed by atoms with Gasteiger partial charge in [0.15, 0.2) is 0 Å². The van der Waals surface area contributed by atoms with Gasteiger partial charge < -0.3 is 5.32 Å². The van der Waals surface area contributed by atoms with Crippen LogP contribution in [-0.4, -0.2) is 22.6 Å². The number of fused-ring (bicyclic) bond motifs is 1. The lowest BCUT2D eigenvalue weighted by atomic mass is 10.0. The average Bonchev–Trinajstić information content (AvgIpc) is 3.11. The highest BCUT2D eigenvalue weighted by molar-refractivity contribution is 6.30. The van der Waals surface area contributed by atoms with Gasteiger partial charge in [-0.1, -0.05) is 35.9 Å². The third kappa shape index (κ3) is 3.07. The molecule has 0 radical (unpaired) electrons. The Morgan fingerprint density at radius 1 is 0.962 bits per heavy atom. The van der Waals surface area contributed by atoms with Crippen molar-refractivity contribution >= 4 is 23.0 Å². The normalized spacial score (nSPS) is 10.8. The fourth-order valence-electron chi connectivity index (χ4n) is 2.92. The summed E-state index contributed by atoms with van der Waals surface area (Å²) in [6.45, 7) is 0. The summed E-state index contributed by atoms with van der Waals surface area (Å²) in [5.74, 6) is -0.0951. The number of carbonyl (C=O) groups excluding carboxylic acids is 1. The van der Waals surface area contributed by atoms with Crippen LogP contribution in [0.4, 0.5) is 0 Å². The maximum Gasteiger partial charge on any atom is 0.251 e. The Balaban J connectivity index is 1.74. The highest BCUT2D eigenvalue weighted by Crippen LogP contribution is 2.26. The molecular formula is C21H16ClN3O. The van der Waals surface area contributed by atoms with Crippen LogP contribution in [0.5, 0.6) is 0 Å². The summed E-state index contributed by atoms with van der Waals surface area (Å²) in [5, 5.41) is 7.97. The van der Waals surface area contributed by atoms with Crippen LogP contribution in [-0.2, 0) is 0 Å². The van der Waals surface area contributed by atoms with E-state index in [4.69, 9.17) is 11.6 Å². The van der Waals surface area contributed by atoms with Gasteiger partial charge in [-0.2, -0.15) is 5.10 Å². The van der Waals surface area contributed by atoms with Gasteiger partial charge in [0.25, 0.3) is 5.91 Å². The van der Waals surface area contributed by atoms with Crippen molar-refractivity contribution in [2.75, 3.05) is 7.05 Å². The predicted octanol–water partition coefficient (Wildman–Crippen LogP) is 4.68. The van der Waals surface area contributed by atoms with Crippen molar-refractivity contribution in [2.24, 2.45) is 0 Å². The van der Waals surface area contributed by atoms with Gasteiger partial charge in [0.1, 0.15) is 0 Å². The van der Waals surface area contributed by atoms with Crippen molar-refractivity contribution in [2.45, 2.75) is 0 Å². The van der Waals surface area contributed by atoms with Crippen molar-refractivity contribution in [3.05, 3.63) is 83.5 Å². The van der Waals surface area contributed by atoms with Crippen molar-refractivity contribution in [3.8, 4) is 22.4 Å². The van der Waals surface area contributed by atoms with Gasteiger partial charge >= 0.3 is 0 Å². The van der Waals surface area contributed by atoms with Gasteiger partial charge in [-0.25, -0.2) is 4.52 Å². The van der Waals surface area contributed by atoms with E-state index in [9.17, 15) is 4.79 Å². The van der Waals surface area contributed by atoms with Gasteiger partial charge in [0, 0.05) is 29.4 Å². The lowest BCUT2D eigenvalue weighted by Crippen LogP contribution is -2.17. The third-order valence-electron chi connectivity index (χ3n) is 4.29. The molecule has 0 aliphatic rings. The number of nitrogens with zero attached hydrogens (tertiary/aromatic N) is 2. The third-order valence-corrected chi connectivity index (χ3v) is 4.54. The summed E-state index contributed by atoms with van der Waals surface area (Å²) in [5.41, 5.74) is 5.55. The molecule has 0 atom stereocenters. The molecule has 0 aliphatic carbocycles. The van der Waals surface area contributed by atoms with Crippen molar-refractivity contribution in [1.29, 1.82) is 0 Å². The Kier molecular flexibility index (Phi) is 4.19. The molecule has 0 saturated carbocycles. The summed E-state index contributed by atoms with van der Waals surface area (Å²) in [6.07, 6.45) is 1.93. The largest absolute Gasteiger partial charge is 0.355 e. The highest BCUT2D eigenvalue weighted by Gasteiger charge is 2.08. The number of benzene rings is 2. The maximum atomic E-state index is 11.9. The standard InChI is InChI=1S/C21H16ClN3O/c1-23-21(26)17-4-2-3-15(11-17)16-9-10-25-19(12-16)13-20(24-25)14-5-7-18(22)8-6-14/h2-13H,1H3,(H,23,26). The van der Waals surface area contributed by atoms with Crippen LogP contribution in [0, 0.1) is 0 Å². The number of rotatable bonds is 3. The van der Waals surface area contributed by atoms with Crippen molar-refractivity contribution in [1.82, 2.24) is 14.9 Å². The summed E-state index contributed by atoms with van der Waals surface area (Å²) in [7, 11) is 1.63. The van der Waals surface area contributed by atoms with Gasteiger partial charge in [0.05, 0.1) is 11.2 Å². The quantitative estimate of drug-likeness (QED) is 0.575. The monoisotopic (exact) mass is 361 g/mol. The average molecular weight is 362 g/mol. The molecular weight excluding hydrogens is 346 g/mol. The SMILES string of the molecule is CNC(=O)c1cccc(-c2ccn3nc(-c4ccc(Cl)cc4)cc3c2)c1. The molecule has 0 fully saturated rings. The number of halogens is 1. The molecule has 4 nitrogen and oxygen atoms in total. The Bertz CT molecular complexity index is 1100. The van der Waals surface area contributed by atoms with E-state index in [0.29, 0.717) is 10.6 Å². The first kappa shape index (κ1) is 16.4. The van der Waals surface area contributed by atoms with Crippen LogP contribution in [0.15, 0.2) is 72.9 Å². The lowest BCUT2D eigenvalue weighted by molar-refractivity contribution is 0.0963. The molecule has 4 aromatic rings. The first-order valence-electron chi connectivity index (χ1n) is 8.22. The Labute approximate surface area is 156 Å². The molecule has 1 amide bonds. The Hall–Kier alpha value is -3.11. The number of hydrogen-bond donors (Lipinski definition) is 1. The molecule has 1 N–H and O–H groups in total. The molecule has 0 spiro atoms. The van der Waals surface area contributed by atoms with E-state index in [0.717, 1.165) is 27.9 Å². The molecule has 2 aromatic carbocycles. The van der Waals surface area contributed by atoms with Crippen LogP contribution in [0.25, 0.3) is 27.9 Å². The minimum absolute atomic E-state index is 0.0951.